The summed E-state index contributed by atoms with van der Waals surface area (Å²) >= 11 is -3.73. The third-order valence-electron chi connectivity index (χ3n) is 0.0563. The first-order valence-corrected chi connectivity index (χ1v) is 3.29. The van der Waals surface area contributed by atoms with Gasteiger partial charge in [0.25, 0.3) is 0 Å². The van der Waals surface area contributed by atoms with Gasteiger partial charge in [-0.05, 0) is 0 Å². The van der Waals surface area contributed by atoms with E-state index in [0.717, 1.165) is 0 Å². The molecule has 1 N–H and O–H groups in total. The van der Waals surface area contributed by atoms with E-state index in [1.54, 1.807) is 0 Å². The normalized spacial score (nSPS) is 8.00. The summed E-state index contributed by atoms with van der Waals surface area (Å²) in [5, 5.41) is 7.09. The maximum atomic E-state index is 9.02. The fourth-order valence-corrected chi connectivity index (χ4v) is 0. The average Bonchev–Trinajstić information content (AvgIpc) is 1.38. The first-order chi connectivity index (χ1) is 2.27. The van der Waals surface area contributed by atoms with Crippen LogP contribution in [0.15, 0.2) is 0 Å². The third-order valence-corrected chi connectivity index (χ3v) is 0.378. The molecule has 0 saturated carbocycles. The molecule has 6 heavy (non-hydrogen) atoms. The number of hydrogen-bond acceptors (Lipinski definition) is 4. The second kappa shape index (κ2) is 6.45. The van der Waals surface area contributed by atoms with Crippen LogP contribution in [0.3, 0.4) is 0 Å². The zero-order valence-corrected chi connectivity index (χ0v) is 10.4. The van der Waals surface area contributed by atoms with E-state index in [4.69, 9.17) is 12.1 Å². The van der Waals surface area contributed by atoms with E-state index >= 15 is 0 Å². The summed E-state index contributed by atoms with van der Waals surface area (Å²) in [6.45, 7) is 0. The summed E-state index contributed by atoms with van der Waals surface area (Å²) in [5.74, 6) is 0. The number of halogens is 1. The van der Waals surface area contributed by atoms with Crippen molar-refractivity contribution in [3.63, 3.8) is 0 Å². The van der Waals surface area contributed by atoms with Crippen LogP contribution in [-0.2, 0) is 3.22 Å². The fraction of sp³-hybridized carbons (Fsp3) is 0. The van der Waals surface area contributed by atoms with Gasteiger partial charge in [0.05, 0.1) is 0 Å². The van der Waals surface area contributed by atoms with E-state index < -0.39 is 21.1 Å². The van der Waals surface area contributed by atoms with E-state index in [9.17, 15) is 0 Å². The molecule has 0 saturated heterocycles. The van der Waals surface area contributed by atoms with Gasteiger partial charge in [-0.15, -0.1) is 0 Å². The van der Waals surface area contributed by atoms with Gasteiger partial charge in [-0.3, -0.25) is 0 Å². The van der Waals surface area contributed by atoms with Gasteiger partial charge in [0.15, 0.2) is 0 Å². The summed E-state index contributed by atoms with van der Waals surface area (Å²) in [7, 11) is 0. The number of hydrogen-bond donors (Lipinski definition) is 1. The maximum absolute atomic E-state index is 9.02. The Hall–Kier alpha value is 1.45. The fourth-order valence-electron chi connectivity index (χ4n) is 0. The summed E-state index contributed by atoms with van der Waals surface area (Å²) in [6, 6.07) is 0. The van der Waals surface area contributed by atoms with Crippen LogP contribution in [0.4, 0.5) is 0 Å². The molecule has 0 aromatic carbocycles. The molecule has 0 fully saturated rings. The molecule has 0 heterocycles. The molecule has 0 aliphatic carbocycles. The van der Waals surface area contributed by atoms with E-state index in [-0.39, 0.29) is 26.2 Å². The Morgan fingerprint density at radius 2 is 1.67 bits per heavy atom. The summed E-state index contributed by atoms with van der Waals surface area (Å²) < 4.78 is 20.8. The molecule has 40 valence electrons. The topological polar surface area (TPSA) is 75.6 Å². The van der Waals surface area contributed by atoms with Crippen LogP contribution in [-0.4, -0.2) is 31.5 Å². The van der Waals surface area contributed by atoms with Crippen LogP contribution >= 0.6 is 0 Å². The van der Waals surface area contributed by atoms with Gasteiger partial charge in [0.1, 0.15) is 3.22 Å². The van der Waals surface area contributed by atoms with Gasteiger partial charge in [0.2, 0.25) is 0 Å². The molecule has 0 aromatic heterocycles. The Bertz CT molecular complexity index is 21.5. The van der Waals surface area contributed by atoms with Crippen LogP contribution < -0.4 is 27.9 Å². The molecule has 0 radical (unpaired) electrons. The van der Waals surface area contributed by atoms with Gasteiger partial charge in [0, 0.05) is 0 Å². The summed E-state index contributed by atoms with van der Waals surface area (Å²) in [5.41, 5.74) is 0. The Morgan fingerprint density at radius 3 is 1.67 bits per heavy atom. The maximum Gasteiger partial charge on any atom is 0.550 e. The summed E-state index contributed by atoms with van der Waals surface area (Å²) in [6.07, 6.45) is 0. The minimum atomic E-state index is -3.73. The first-order valence-electron chi connectivity index (χ1n) is 0.645. The van der Waals surface area contributed by atoms with Crippen molar-refractivity contribution in [2.75, 3.05) is 0 Å². The minimum Gasteiger partial charge on any atom is -0.393 e. The predicted octanol–water partition coefficient (Wildman–Crippen LogP) is -6.62. The van der Waals surface area contributed by atoms with Gasteiger partial charge in [-0.2, -0.15) is 5.26 Å². The molecule has 0 rings (SSSR count). The first kappa shape index (κ1) is 10.4. The SMILES string of the molecule is [BiH3].[O-][I+2]([O-])OO. The largest absolute Gasteiger partial charge is 0.550 e. The quantitative estimate of drug-likeness (QED) is 0.204. The predicted molar refractivity (Wildman–Crippen MR) is 13.7 cm³/mol. The Labute approximate surface area is 62.2 Å². The van der Waals surface area contributed by atoms with Crippen molar-refractivity contribution in [2.45, 2.75) is 0 Å². The van der Waals surface area contributed by atoms with Gasteiger partial charge >= 0.3 is 47.3 Å². The van der Waals surface area contributed by atoms with E-state index in [1.165, 1.54) is 0 Å². The second-order valence-electron chi connectivity index (χ2n) is 0.258. The minimum absolute atomic E-state index is 0. The van der Waals surface area contributed by atoms with Gasteiger partial charge in [-0.1, -0.05) is 0 Å². The van der Waals surface area contributed by atoms with E-state index in [2.05, 4.69) is 3.22 Å². The van der Waals surface area contributed by atoms with Crippen molar-refractivity contribution in [3.8, 4) is 0 Å². The zero-order valence-electron chi connectivity index (χ0n) is 2.76. The molecular weight excluding hydrogens is 400 g/mol. The molecule has 0 spiro atoms. The van der Waals surface area contributed by atoms with Gasteiger partial charge in [-0.25, -0.2) is 0 Å². The summed E-state index contributed by atoms with van der Waals surface area (Å²) in [4.78, 5) is 0. The van der Waals surface area contributed by atoms with E-state index in [0.29, 0.717) is 0 Å². The van der Waals surface area contributed by atoms with Crippen LogP contribution in [0, 0.1) is 0 Å². The molecule has 6 heteroatoms. The molecule has 0 atom stereocenters. The molecule has 0 unspecified atom stereocenters. The van der Waals surface area contributed by atoms with Crippen molar-refractivity contribution in [2.24, 2.45) is 0 Å². The molecular formula is H4BiIO4. The van der Waals surface area contributed by atoms with Crippen LogP contribution in [0.5, 0.6) is 0 Å². The Morgan fingerprint density at radius 1 is 1.50 bits per heavy atom. The molecule has 4 nitrogen and oxygen atoms in total. The van der Waals surface area contributed by atoms with Crippen molar-refractivity contribution in [3.05, 3.63) is 0 Å². The van der Waals surface area contributed by atoms with Crippen LogP contribution in [0.25, 0.3) is 0 Å². The molecule has 0 aliphatic rings. The van der Waals surface area contributed by atoms with Crippen LogP contribution in [0.1, 0.15) is 0 Å². The molecule has 0 bridgehead atoms. The van der Waals surface area contributed by atoms with Crippen molar-refractivity contribution < 1.29 is 36.4 Å². The Kier molecular flexibility index (Phi) is 11.2. The van der Waals surface area contributed by atoms with Crippen LogP contribution in [0.2, 0.25) is 0 Å². The number of rotatable bonds is 1. The van der Waals surface area contributed by atoms with Crippen molar-refractivity contribution >= 4 is 26.2 Å². The molecule has 0 aliphatic heterocycles. The molecule has 0 amide bonds. The monoisotopic (exact) mass is 404 g/mol. The van der Waals surface area contributed by atoms with Gasteiger partial charge < -0.3 is 6.87 Å². The third kappa shape index (κ3) is 9.07. The van der Waals surface area contributed by atoms with E-state index in [1.807, 2.05) is 0 Å². The van der Waals surface area contributed by atoms with Crippen molar-refractivity contribution in [1.29, 1.82) is 0 Å². The average molecular weight is 404 g/mol. The molecule has 0 aromatic rings. The smallest absolute Gasteiger partial charge is 0.393 e. The van der Waals surface area contributed by atoms with Crippen molar-refractivity contribution in [1.82, 2.24) is 0 Å². The standard InChI is InChI=1S/Bi.HIO4.3H/c;2-1(3)5-4;;;/h;4H;;;. The second-order valence-corrected chi connectivity index (χ2v) is 1.73. The Balaban J connectivity index is 0. The zero-order chi connectivity index (χ0) is 4.28.